The van der Waals surface area contributed by atoms with E-state index in [1.165, 1.54) is 47.0 Å². The summed E-state index contributed by atoms with van der Waals surface area (Å²) in [6.07, 6.45) is 4.93. The summed E-state index contributed by atoms with van der Waals surface area (Å²) in [6, 6.07) is 2.37. The van der Waals surface area contributed by atoms with Crippen LogP contribution < -0.4 is 16.4 Å². The largest absolute Gasteiger partial charge is 0.384 e. The third kappa shape index (κ3) is 7.22. The summed E-state index contributed by atoms with van der Waals surface area (Å²) < 4.78 is 25.0. The van der Waals surface area contributed by atoms with E-state index in [0.29, 0.717) is 18.5 Å². The highest BCUT2D eigenvalue weighted by atomic mass is 32.2. The predicted molar refractivity (Wildman–Crippen MR) is 159 cm³/mol. The highest BCUT2D eigenvalue weighted by Crippen LogP contribution is 2.34. The van der Waals surface area contributed by atoms with E-state index in [4.69, 9.17) is 5.73 Å². The molecule has 2 aliphatic rings. The Morgan fingerprint density at radius 1 is 1.09 bits per heavy atom. The van der Waals surface area contributed by atoms with Crippen LogP contribution in [0.4, 0.5) is 0 Å². The number of nitrogens with two attached hydrogens (primary N) is 1. The van der Waals surface area contributed by atoms with Crippen LogP contribution >= 0.6 is 0 Å². The molecule has 1 unspecified atom stereocenters. The monoisotopic (exact) mass is 645 g/mol. The maximum absolute atomic E-state index is 13.9. The molecule has 1 saturated carbocycles. The lowest BCUT2D eigenvalue weighted by Gasteiger charge is -2.37. The smallest absolute Gasteiger partial charge is 0.287 e. The van der Waals surface area contributed by atoms with Gasteiger partial charge in [-0.2, -0.15) is 0 Å². The van der Waals surface area contributed by atoms with Crippen molar-refractivity contribution in [2.75, 3.05) is 12.8 Å². The van der Waals surface area contributed by atoms with Gasteiger partial charge < -0.3 is 26.4 Å². The SMILES string of the molecule is CC(NC(=O)c1ccc(S(C)(=O)=O)cc1)C(=O)N1C[C@@H](n2nncc2C(C)(C)O)C[C@H]1C(=O)NC1(C(=O)C(N)=O)CCCCC1. The minimum atomic E-state index is -3.47. The molecule has 2 heterocycles. The molecule has 0 radical (unpaired) electrons. The van der Waals surface area contributed by atoms with Crippen LogP contribution in [-0.2, 0) is 34.6 Å². The Morgan fingerprint density at radius 3 is 2.27 bits per heavy atom. The average molecular weight is 646 g/mol. The zero-order valence-electron chi connectivity index (χ0n) is 25.6. The zero-order valence-corrected chi connectivity index (χ0v) is 26.5. The van der Waals surface area contributed by atoms with Gasteiger partial charge in [0.1, 0.15) is 23.2 Å². The summed E-state index contributed by atoms with van der Waals surface area (Å²) in [5.41, 5.74) is 2.99. The molecule has 244 valence electrons. The highest BCUT2D eigenvalue weighted by Gasteiger charge is 2.48. The number of Topliss-reactive ketones (excluding diaryl/α,β-unsaturated/α-hetero) is 1. The summed E-state index contributed by atoms with van der Waals surface area (Å²) in [7, 11) is -3.47. The molecule has 5 N–H and O–H groups in total. The molecule has 45 heavy (non-hydrogen) atoms. The first-order valence-corrected chi connectivity index (χ1v) is 16.5. The van der Waals surface area contributed by atoms with E-state index in [2.05, 4.69) is 20.9 Å². The van der Waals surface area contributed by atoms with Crippen molar-refractivity contribution < 1.29 is 37.5 Å². The molecule has 3 atom stereocenters. The molecule has 2 aromatic rings. The van der Waals surface area contributed by atoms with Gasteiger partial charge in [-0.25, -0.2) is 13.1 Å². The van der Waals surface area contributed by atoms with Crippen molar-refractivity contribution in [3.8, 4) is 0 Å². The number of benzene rings is 1. The van der Waals surface area contributed by atoms with Crippen LogP contribution in [0.2, 0.25) is 0 Å². The van der Waals surface area contributed by atoms with E-state index in [1.54, 1.807) is 13.8 Å². The number of carbonyl (C=O) groups excluding carboxylic acids is 5. The lowest BCUT2D eigenvalue weighted by molar-refractivity contribution is -0.145. The second kappa shape index (κ2) is 12.7. The Bertz CT molecular complexity index is 1590. The van der Waals surface area contributed by atoms with Gasteiger partial charge in [0.25, 0.3) is 11.8 Å². The van der Waals surface area contributed by atoms with Crippen molar-refractivity contribution >= 4 is 39.2 Å². The second-order valence-electron chi connectivity index (χ2n) is 12.3. The molecule has 4 rings (SSSR count). The van der Waals surface area contributed by atoms with E-state index in [1.807, 2.05) is 0 Å². The molecule has 4 amide bonds. The molecular weight excluding hydrogens is 606 g/mol. The quantitative estimate of drug-likeness (QED) is 0.248. The molecule has 1 aliphatic carbocycles. The number of carbonyl (C=O) groups is 5. The lowest BCUT2D eigenvalue weighted by atomic mass is 9.78. The van der Waals surface area contributed by atoms with Crippen molar-refractivity contribution in [2.24, 2.45) is 5.73 Å². The summed E-state index contributed by atoms with van der Waals surface area (Å²) in [6.45, 7) is 4.51. The number of sulfone groups is 1. The van der Waals surface area contributed by atoms with E-state index < -0.39 is 68.5 Å². The molecule has 2 fully saturated rings. The van der Waals surface area contributed by atoms with Crippen LogP contribution in [0.15, 0.2) is 35.4 Å². The van der Waals surface area contributed by atoms with Gasteiger partial charge in [-0.15, -0.1) is 5.10 Å². The van der Waals surface area contributed by atoms with Gasteiger partial charge in [-0.3, -0.25) is 24.0 Å². The summed E-state index contributed by atoms with van der Waals surface area (Å²) in [5.74, 6) is -3.97. The van der Waals surface area contributed by atoms with Crippen molar-refractivity contribution in [3.05, 3.63) is 41.7 Å². The third-order valence-electron chi connectivity index (χ3n) is 8.40. The number of primary amides is 1. The summed E-state index contributed by atoms with van der Waals surface area (Å²) in [5, 5.41) is 24.0. The van der Waals surface area contributed by atoms with Gasteiger partial charge in [0.2, 0.25) is 17.6 Å². The van der Waals surface area contributed by atoms with Gasteiger partial charge >= 0.3 is 0 Å². The van der Waals surface area contributed by atoms with E-state index in [0.717, 1.165) is 12.7 Å². The summed E-state index contributed by atoms with van der Waals surface area (Å²) in [4.78, 5) is 66.9. The number of nitrogens with one attached hydrogen (secondary N) is 2. The molecule has 16 heteroatoms. The Hall–Kier alpha value is -4.18. The standard InChI is InChI=1S/C29H39N7O8S/c1-17(32-25(39)18-8-10-20(11-9-18)45(4,43)44)27(41)35-16-19(36-22(15-31-34-36)28(2,3)42)14-21(35)26(40)33-29(23(37)24(30)38)12-6-5-7-13-29/h8-11,15,17,19,21,42H,5-7,12-14,16H2,1-4H3,(H2,30,38)(H,32,39)(H,33,40)/t17?,19-,21-/m0/s1. The zero-order chi connectivity index (χ0) is 33.3. The molecular formula is C29H39N7O8S. The van der Waals surface area contributed by atoms with Crippen molar-refractivity contribution in [3.63, 3.8) is 0 Å². The first kappa shape index (κ1) is 33.7. The molecule has 15 nitrogen and oxygen atoms in total. The maximum Gasteiger partial charge on any atom is 0.287 e. The van der Waals surface area contributed by atoms with Crippen LogP contribution in [-0.4, -0.2) is 93.3 Å². The van der Waals surface area contributed by atoms with E-state index in [-0.39, 0.29) is 36.3 Å². The summed E-state index contributed by atoms with van der Waals surface area (Å²) >= 11 is 0. The minimum absolute atomic E-state index is 0.0317. The van der Waals surface area contributed by atoms with Crippen LogP contribution in [0, 0.1) is 0 Å². The molecule has 0 spiro atoms. The molecule has 1 aromatic heterocycles. The number of amides is 4. The number of nitrogens with zero attached hydrogens (tertiary/aromatic N) is 4. The number of aliphatic hydroxyl groups is 1. The van der Waals surface area contributed by atoms with Crippen molar-refractivity contribution in [1.29, 1.82) is 0 Å². The van der Waals surface area contributed by atoms with E-state index in [9.17, 15) is 37.5 Å². The number of aromatic nitrogens is 3. The number of hydrogen-bond donors (Lipinski definition) is 4. The highest BCUT2D eigenvalue weighted by molar-refractivity contribution is 7.90. The van der Waals surface area contributed by atoms with Crippen molar-refractivity contribution in [1.82, 2.24) is 30.5 Å². The third-order valence-corrected chi connectivity index (χ3v) is 9.53. The topological polar surface area (TPSA) is 224 Å². The lowest BCUT2D eigenvalue weighted by Crippen LogP contribution is -2.62. The number of likely N-dealkylation sites (tertiary alicyclic amines) is 1. The van der Waals surface area contributed by atoms with E-state index >= 15 is 0 Å². The fraction of sp³-hybridized carbons (Fsp3) is 0.552. The van der Waals surface area contributed by atoms with Crippen molar-refractivity contribution in [2.45, 2.75) is 93.5 Å². The van der Waals surface area contributed by atoms with Crippen LogP contribution in [0.3, 0.4) is 0 Å². The van der Waals surface area contributed by atoms with Gasteiger partial charge in [-0.05, 0) is 57.9 Å². The second-order valence-corrected chi connectivity index (χ2v) is 14.4. The Morgan fingerprint density at radius 2 is 1.71 bits per heavy atom. The van der Waals surface area contributed by atoms with Gasteiger partial charge in [0, 0.05) is 24.8 Å². The van der Waals surface area contributed by atoms with Gasteiger partial charge in [-0.1, -0.05) is 24.5 Å². The first-order chi connectivity index (χ1) is 20.9. The number of hydrogen-bond acceptors (Lipinski definition) is 10. The first-order valence-electron chi connectivity index (χ1n) is 14.7. The van der Waals surface area contributed by atoms with Gasteiger partial charge in [0.05, 0.1) is 22.8 Å². The molecule has 1 saturated heterocycles. The Kier molecular flexibility index (Phi) is 9.49. The number of ketones is 1. The molecule has 1 aliphatic heterocycles. The van der Waals surface area contributed by atoms with Crippen LogP contribution in [0.25, 0.3) is 0 Å². The van der Waals surface area contributed by atoms with Gasteiger partial charge in [0.15, 0.2) is 9.84 Å². The Labute approximate surface area is 260 Å². The average Bonchev–Trinajstić information content (AvgIpc) is 3.64. The normalized spacial score (nSPS) is 20.7. The predicted octanol–water partition coefficient (Wildman–Crippen LogP) is -0.257. The van der Waals surface area contributed by atoms with Crippen LogP contribution in [0.5, 0.6) is 0 Å². The maximum atomic E-state index is 13.9. The fourth-order valence-electron chi connectivity index (χ4n) is 6.00. The van der Waals surface area contributed by atoms with Crippen LogP contribution in [0.1, 0.15) is 81.4 Å². The fourth-order valence-corrected chi connectivity index (χ4v) is 6.63. The molecule has 0 bridgehead atoms. The number of rotatable bonds is 10. The minimum Gasteiger partial charge on any atom is -0.384 e. The molecule has 1 aromatic carbocycles. The Balaban J connectivity index is 1.61.